The Morgan fingerprint density at radius 3 is 2.32 bits per heavy atom. The Bertz CT molecular complexity index is 618. The van der Waals surface area contributed by atoms with Gasteiger partial charge in [-0.1, -0.05) is 12.1 Å². The molecule has 0 radical (unpaired) electrons. The number of carbonyl (C=O) groups is 2. The van der Waals surface area contributed by atoms with Crippen molar-refractivity contribution in [3.63, 3.8) is 0 Å². The van der Waals surface area contributed by atoms with Gasteiger partial charge in [-0.05, 0) is 43.3 Å². The number of Topliss-reactive ketones (excluding diaryl/α,β-unsaturated/α-hetero) is 1. The molecular formula is C15H14N2O2. The van der Waals surface area contributed by atoms with Crippen molar-refractivity contribution in [2.24, 2.45) is 0 Å². The minimum Gasteiger partial charge on any atom is -0.399 e. The highest BCUT2D eigenvalue weighted by molar-refractivity contribution is 6.05. The van der Waals surface area contributed by atoms with Crippen molar-refractivity contribution >= 4 is 23.1 Å². The van der Waals surface area contributed by atoms with Crippen LogP contribution in [0.1, 0.15) is 27.6 Å². The second-order valence-corrected chi connectivity index (χ2v) is 4.21. The van der Waals surface area contributed by atoms with Crippen LogP contribution in [-0.2, 0) is 0 Å². The van der Waals surface area contributed by atoms with Gasteiger partial charge in [0.1, 0.15) is 0 Å². The van der Waals surface area contributed by atoms with Gasteiger partial charge in [-0.3, -0.25) is 9.59 Å². The van der Waals surface area contributed by atoms with E-state index in [2.05, 4.69) is 5.32 Å². The van der Waals surface area contributed by atoms with Crippen LogP contribution in [0.25, 0.3) is 0 Å². The van der Waals surface area contributed by atoms with E-state index >= 15 is 0 Å². The van der Waals surface area contributed by atoms with Gasteiger partial charge in [0.05, 0.1) is 0 Å². The van der Waals surface area contributed by atoms with E-state index < -0.39 is 0 Å². The van der Waals surface area contributed by atoms with Gasteiger partial charge in [-0.25, -0.2) is 0 Å². The van der Waals surface area contributed by atoms with E-state index in [1.165, 1.54) is 6.92 Å². The number of hydrogen-bond acceptors (Lipinski definition) is 3. The fourth-order valence-corrected chi connectivity index (χ4v) is 1.65. The van der Waals surface area contributed by atoms with E-state index in [0.29, 0.717) is 22.5 Å². The fraction of sp³-hybridized carbons (Fsp3) is 0.0667. The van der Waals surface area contributed by atoms with Crippen molar-refractivity contribution in [1.29, 1.82) is 0 Å². The number of amides is 1. The highest BCUT2D eigenvalue weighted by atomic mass is 16.1. The van der Waals surface area contributed by atoms with Crippen LogP contribution in [0, 0.1) is 0 Å². The number of anilines is 2. The highest BCUT2D eigenvalue weighted by Gasteiger charge is 2.07. The molecule has 0 aromatic heterocycles. The molecule has 3 N–H and O–H groups in total. The number of benzene rings is 2. The quantitative estimate of drug-likeness (QED) is 0.653. The maximum Gasteiger partial charge on any atom is 0.255 e. The SMILES string of the molecule is CC(=O)c1cccc(NC(=O)c2ccc(N)cc2)c1. The molecule has 0 heterocycles. The van der Waals surface area contributed by atoms with Gasteiger partial charge in [0.2, 0.25) is 0 Å². The lowest BCUT2D eigenvalue weighted by atomic mass is 10.1. The number of carbonyl (C=O) groups excluding carboxylic acids is 2. The molecule has 19 heavy (non-hydrogen) atoms. The molecule has 4 heteroatoms. The molecule has 0 aliphatic heterocycles. The van der Waals surface area contributed by atoms with Gasteiger partial charge in [-0.2, -0.15) is 0 Å². The van der Waals surface area contributed by atoms with Crippen LogP contribution in [0.4, 0.5) is 11.4 Å². The molecular weight excluding hydrogens is 240 g/mol. The summed E-state index contributed by atoms with van der Waals surface area (Å²) in [5.74, 6) is -0.274. The Hall–Kier alpha value is -2.62. The molecule has 0 bridgehead atoms. The van der Waals surface area contributed by atoms with E-state index in [1.807, 2.05) is 0 Å². The average molecular weight is 254 g/mol. The topological polar surface area (TPSA) is 72.2 Å². The van der Waals surface area contributed by atoms with E-state index in [4.69, 9.17) is 5.73 Å². The second-order valence-electron chi connectivity index (χ2n) is 4.21. The Labute approximate surface area is 111 Å². The van der Waals surface area contributed by atoms with Gasteiger partial charge in [0.25, 0.3) is 5.91 Å². The largest absolute Gasteiger partial charge is 0.399 e. The summed E-state index contributed by atoms with van der Waals surface area (Å²) in [4.78, 5) is 23.2. The molecule has 0 aliphatic rings. The van der Waals surface area contributed by atoms with E-state index in [1.54, 1.807) is 48.5 Å². The summed E-state index contributed by atoms with van der Waals surface area (Å²) in [5.41, 5.74) is 7.84. The lowest BCUT2D eigenvalue weighted by molar-refractivity contribution is 0.101. The van der Waals surface area contributed by atoms with Gasteiger partial charge in [0, 0.05) is 22.5 Å². The zero-order valence-corrected chi connectivity index (χ0v) is 10.5. The first-order chi connectivity index (χ1) is 9.06. The maximum absolute atomic E-state index is 12.0. The molecule has 0 saturated carbocycles. The first-order valence-corrected chi connectivity index (χ1v) is 5.84. The Morgan fingerprint density at radius 2 is 1.68 bits per heavy atom. The van der Waals surface area contributed by atoms with Crippen LogP contribution < -0.4 is 11.1 Å². The number of rotatable bonds is 3. The van der Waals surface area contributed by atoms with E-state index in [-0.39, 0.29) is 11.7 Å². The zero-order chi connectivity index (χ0) is 13.8. The van der Waals surface area contributed by atoms with Crippen LogP contribution >= 0.6 is 0 Å². The molecule has 0 spiro atoms. The van der Waals surface area contributed by atoms with Gasteiger partial charge < -0.3 is 11.1 Å². The van der Waals surface area contributed by atoms with Crippen LogP contribution in [0.5, 0.6) is 0 Å². The van der Waals surface area contributed by atoms with E-state index in [0.717, 1.165) is 0 Å². The highest BCUT2D eigenvalue weighted by Crippen LogP contribution is 2.13. The molecule has 1 amide bonds. The van der Waals surface area contributed by atoms with Crippen molar-refractivity contribution in [2.45, 2.75) is 6.92 Å². The Balaban J connectivity index is 2.17. The summed E-state index contributed by atoms with van der Waals surface area (Å²) in [7, 11) is 0. The molecule has 0 fully saturated rings. The van der Waals surface area contributed by atoms with Crippen molar-refractivity contribution in [3.8, 4) is 0 Å². The van der Waals surface area contributed by atoms with Crippen LogP contribution in [0.3, 0.4) is 0 Å². The third kappa shape index (κ3) is 3.19. The van der Waals surface area contributed by atoms with Gasteiger partial charge >= 0.3 is 0 Å². The van der Waals surface area contributed by atoms with Crippen LogP contribution in [0.15, 0.2) is 48.5 Å². The lowest BCUT2D eigenvalue weighted by Gasteiger charge is -2.06. The molecule has 0 unspecified atom stereocenters. The van der Waals surface area contributed by atoms with Gasteiger partial charge in [0.15, 0.2) is 5.78 Å². The number of nitrogens with one attached hydrogen (secondary N) is 1. The molecule has 96 valence electrons. The summed E-state index contributed by atoms with van der Waals surface area (Å²) >= 11 is 0. The number of ketones is 1. The third-order valence-electron chi connectivity index (χ3n) is 2.70. The summed E-state index contributed by atoms with van der Waals surface area (Å²) in [6.07, 6.45) is 0. The summed E-state index contributed by atoms with van der Waals surface area (Å²) < 4.78 is 0. The summed E-state index contributed by atoms with van der Waals surface area (Å²) in [6.45, 7) is 1.49. The smallest absolute Gasteiger partial charge is 0.255 e. The third-order valence-corrected chi connectivity index (χ3v) is 2.70. The molecule has 2 rings (SSSR count). The number of nitrogen functional groups attached to an aromatic ring is 1. The first-order valence-electron chi connectivity index (χ1n) is 5.84. The average Bonchev–Trinajstić information content (AvgIpc) is 2.39. The number of nitrogens with two attached hydrogens (primary N) is 1. The zero-order valence-electron chi connectivity index (χ0n) is 10.5. The molecule has 4 nitrogen and oxygen atoms in total. The predicted molar refractivity (Wildman–Crippen MR) is 75.3 cm³/mol. The first kappa shape index (κ1) is 12.8. The lowest BCUT2D eigenvalue weighted by Crippen LogP contribution is -2.12. The predicted octanol–water partition coefficient (Wildman–Crippen LogP) is 2.72. The van der Waals surface area contributed by atoms with Crippen molar-refractivity contribution in [2.75, 3.05) is 11.1 Å². The van der Waals surface area contributed by atoms with Crippen molar-refractivity contribution < 1.29 is 9.59 Å². The normalized spacial score (nSPS) is 9.95. The van der Waals surface area contributed by atoms with Crippen molar-refractivity contribution in [1.82, 2.24) is 0 Å². The molecule has 0 atom stereocenters. The number of hydrogen-bond donors (Lipinski definition) is 2. The molecule has 2 aromatic carbocycles. The van der Waals surface area contributed by atoms with Gasteiger partial charge in [-0.15, -0.1) is 0 Å². The van der Waals surface area contributed by atoms with E-state index in [9.17, 15) is 9.59 Å². The van der Waals surface area contributed by atoms with Crippen LogP contribution in [0.2, 0.25) is 0 Å². The maximum atomic E-state index is 12.0. The Kier molecular flexibility index (Phi) is 3.61. The minimum atomic E-state index is -0.235. The minimum absolute atomic E-state index is 0.0383. The molecule has 0 saturated heterocycles. The standard InChI is InChI=1S/C15H14N2O2/c1-10(18)12-3-2-4-14(9-12)17-15(19)11-5-7-13(16)8-6-11/h2-9H,16H2,1H3,(H,17,19). The monoisotopic (exact) mass is 254 g/mol. The molecule has 0 aliphatic carbocycles. The van der Waals surface area contributed by atoms with Crippen LogP contribution in [-0.4, -0.2) is 11.7 Å². The summed E-state index contributed by atoms with van der Waals surface area (Å²) in [6, 6.07) is 13.5. The molecule has 2 aromatic rings. The van der Waals surface area contributed by atoms with Crippen molar-refractivity contribution in [3.05, 3.63) is 59.7 Å². The Morgan fingerprint density at radius 1 is 1.00 bits per heavy atom. The summed E-state index contributed by atoms with van der Waals surface area (Å²) in [5, 5.41) is 2.74. The second kappa shape index (κ2) is 5.35. The fourth-order valence-electron chi connectivity index (χ4n) is 1.65.